The van der Waals surface area contributed by atoms with Gasteiger partial charge in [0, 0.05) is 12.1 Å². The minimum atomic E-state index is 0.378. The van der Waals surface area contributed by atoms with Crippen LogP contribution in [-0.2, 0) is 11.3 Å². The number of rotatable bonds is 3. The second-order valence-corrected chi connectivity index (χ2v) is 3.41. The third-order valence-corrected chi connectivity index (χ3v) is 2.32. The summed E-state index contributed by atoms with van der Waals surface area (Å²) in [6.07, 6.45) is 6.18. The van der Waals surface area contributed by atoms with E-state index in [0.717, 1.165) is 18.7 Å². The van der Waals surface area contributed by atoms with E-state index in [4.69, 9.17) is 9.15 Å². The molecule has 72 valence electrons. The molecule has 1 N–H and O–H groups in total. The summed E-state index contributed by atoms with van der Waals surface area (Å²) in [5, 5.41) is 3.32. The van der Waals surface area contributed by atoms with E-state index in [-0.39, 0.29) is 0 Å². The molecule has 0 amide bonds. The maximum absolute atomic E-state index is 5.70. The first-order chi connectivity index (χ1) is 6.45. The van der Waals surface area contributed by atoms with Crippen LogP contribution in [-0.4, -0.2) is 19.2 Å². The van der Waals surface area contributed by atoms with E-state index in [9.17, 15) is 0 Å². The number of ether oxygens (including phenoxy) is 1. The average molecular weight is 181 g/mol. The topological polar surface area (TPSA) is 34.4 Å². The van der Waals surface area contributed by atoms with E-state index >= 15 is 0 Å². The van der Waals surface area contributed by atoms with Crippen LogP contribution in [0.4, 0.5) is 0 Å². The Kier molecular flexibility index (Phi) is 3.00. The van der Waals surface area contributed by atoms with Gasteiger partial charge < -0.3 is 14.5 Å². The van der Waals surface area contributed by atoms with Gasteiger partial charge in [0.05, 0.1) is 25.2 Å². The van der Waals surface area contributed by atoms with Crippen molar-refractivity contribution in [3.63, 3.8) is 0 Å². The van der Waals surface area contributed by atoms with Crippen molar-refractivity contribution in [2.75, 3.05) is 13.1 Å². The van der Waals surface area contributed by atoms with Gasteiger partial charge in [-0.15, -0.1) is 0 Å². The lowest BCUT2D eigenvalue weighted by atomic mass is 10.1. The molecule has 3 heteroatoms. The first-order valence-electron chi connectivity index (χ1n) is 4.78. The number of nitrogens with one attached hydrogen (secondary N) is 1. The van der Waals surface area contributed by atoms with Crippen molar-refractivity contribution >= 4 is 0 Å². The lowest BCUT2D eigenvalue weighted by molar-refractivity contribution is 0.0251. The predicted molar refractivity (Wildman–Crippen MR) is 49.4 cm³/mol. The van der Waals surface area contributed by atoms with Gasteiger partial charge in [0.25, 0.3) is 0 Å². The van der Waals surface area contributed by atoms with Crippen LogP contribution in [0.25, 0.3) is 0 Å². The van der Waals surface area contributed by atoms with Gasteiger partial charge in [-0.3, -0.25) is 0 Å². The fourth-order valence-corrected chi connectivity index (χ4v) is 1.55. The van der Waals surface area contributed by atoms with Crippen LogP contribution in [0.3, 0.4) is 0 Å². The Morgan fingerprint density at radius 2 is 2.62 bits per heavy atom. The third kappa shape index (κ3) is 2.57. The van der Waals surface area contributed by atoms with Crippen molar-refractivity contribution in [1.82, 2.24) is 5.32 Å². The molecule has 1 fully saturated rings. The van der Waals surface area contributed by atoms with Crippen molar-refractivity contribution < 1.29 is 9.15 Å². The Morgan fingerprint density at radius 1 is 1.62 bits per heavy atom. The molecule has 1 aromatic rings. The van der Waals surface area contributed by atoms with Crippen LogP contribution in [0, 0.1) is 0 Å². The van der Waals surface area contributed by atoms with Crippen molar-refractivity contribution in [2.24, 2.45) is 0 Å². The zero-order valence-electron chi connectivity index (χ0n) is 7.66. The molecular formula is C10H15NO2. The maximum atomic E-state index is 5.70. The van der Waals surface area contributed by atoms with Crippen molar-refractivity contribution in [3.05, 3.63) is 24.2 Å². The van der Waals surface area contributed by atoms with E-state index in [0.29, 0.717) is 12.7 Å². The SMILES string of the molecule is c1cc(CO[C@H]2CCCNC2)co1. The summed E-state index contributed by atoms with van der Waals surface area (Å²) >= 11 is 0. The van der Waals surface area contributed by atoms with Crippen molar-refractivity contribution in [3.8, 4) is 0 Å². The lowest BCUT2D eigenvalue weighted by Crippen LogP contribution is -2.35. The molecule has 0 aliphatic carbocycles. The Hall–Kier alpha value is -0.800. The van der Waals surface area contributed by atoms with E-state index in [1.165, 1.54) is 12.8 Å². The highest BCUT2D eigenvalue weighted by Crippen LogP contribution is 2.09. The molecule has 1 aliphatic heterocycles. The molecule has 0 unspecified atom stereocenters. The van der Waals surface area contributed by atoms with Gasteiger partial charge in [0.2, 0.25) is 0 Å². The zero-order valence-corrected chi connectivity index (χ0v) is 7.66. The lowest BCUT2D eigenvalue weighted by Gasteiger charge is -2.22. The third-order valence-electron chi connectivity index (χ3n) is 2.32. The summed E-state index contributed by atoms with van der Waals surface area (Å²) < 4.78 is 10.7. The fourth-order valence-electron chi connectivity index (χ4n) is 1.55. The van der Waals surface area contributed by atoms with Crippen molar-refractivity contribution in [2.45, 2.75) is 25.6 Å². The Bertz CT molecular complexity index is 227. The summed E-state index contributed by atoms with van der Waals surface area (Å²) in [6, 6.07) is 1.94. The summed E-state index contributed by atoms with van der Waals surface area (Å²) in [5.74, 6) is 0. The second-order valence-electron chi connectivity index (χ2n) is 3.41. The highest BCUT2D eigenvalue weighted by molar-refractivity contribution is 5.03. The van der Waals surface area contributed by atoms with Gasteiger partial charge in [0.15, 0.2) is 0 Å². The molecule has 1 aliphatic rings. The first-order valence-corrected chi connectivity index (χ1v) is 4.78. The quantitative estimate of drug-likeness (QED) is 0.768. The van der Waals surface area contributed by atoms with Gasteiger partial charge in [0.1, 0.15) is 0 Å². The van der Waals surface area contributed by atoms with E-state index in [1.807, 2.05) is 6.07 Å². The fraction of sp³-hybridized carbons (Fsp3) is 0.600. The van der Waals surface area contributed by atoms with Gasteiger partial charge in [-0.05, 0) is 25.5 Å². The van der Waals surface area contributed by atoms with Crippen LogP contribution < -0.4 is 5.32 Å². The smallest absolute Gasteiger partial charge is 0.0957 e. The van der Waals surface area contributed by atoms with Gasteiger partial charge in [-0.25, -0.2) is 0 Å². The molecule has 0 spiro atoms. The van der Waals surface area contributed by atoms with Crippen LogP contribution in [0.1, 0.15) is 18.4 Å². The first kappa shape index (κ1) is 8.78. The molecule has 0 saturated carbocycles. The van der Waals surface area contributed by atoms with Crippen LogP contribution in [0.2, 0.25) is 0 Å². The van der Waals surface area contributed by atoms with E-state index in [1.54, 1.807) is 12.5 Å². The van der Waals surface area contributed by atoms with Crippen LogP contribution in [0.5, 0.6) is 0 Å². The molecule has 1 atom stereocenters. The van der Waals surface area contributed by atoms with Crippen LogP contribution >= 0.6 is 0 Å². The molecule has 1 aromatic heterocycles. The summed E-state index contributed by atoms with van der Waals surface area (Å²) in [5.41, 5.74) is 1.12. The van der Waals surface area contributed by atoms with E-state index < -0.39 is 0 Å². The highest BCUT2D eigenvalue weighted by Gasteiger charge is 2.12. The molecule has 2 heterocycles. The molecule has 0 aromatic carbocycles. The molecule has 0 radical (unpaired) electrons. The number of furan rings is 1. The highest BCUT2D eigenvalue weighted by atomic mass is 16.5. The standard InChI is InChI=1S/C10H15NO2/c1-2-10(6-11-4-1)13-8-9-3-5-12-7-9/h3,5,7,10-11H,1-2,4,6,8H2/t10-/m0/s1. The maximum Gasteiger partial charge on any atom is 0.0957 e. The van der Waals surface area contributed by atoms with Gasteiger partial charge in [-0.2, -0.15) is 0 Å². The number of hydrogen-bond donors (Lipinski definition) is 1. The number of piperidine rings is 1. The molecule has 3 nitrogen and oxygen atoms in total. The minimum absolute atomic E-state index is 0.378. The molecule has 0 bridgehead atoms. The van der Waals surface area contributed by atoms with Crippen LogP contribution in [0.15, 0.2) is 23.0 Å². The molecular weight excluding hydrogens is 166 g/mol. The largest absolute Gasteiger partial charge is 0.472 e. The average Bonchev–Trinajstić information content (AvgIpc) is 2.69. The van der Waals surface area contributed by atoms with Gasteiger partial charge >= 0.3 is 0 Å². The van der Waals surface area contributed by atoms with E-state index in [2.05, 4.69) is 5.32 Å². The predicted octanol–water partition coefficient (Wildman–Crippen LogP) is 1.55. The molecule has 13 heavy (non-hydrogen) atoms. The molecule has 2 rings (SSSR count). The Balaban J connectivity index is 1.72. The summed E-state index contributed by atoms with van der Waals surface area (Å²) in [7, 11) is 0. The monoisotopic (exact) mass is 181 g/mol. The minimum Gasteiger partial charge on any atom is -0.472 e. The van der Waals surface area contributed by atoms with Gasteiger partial charge in [-0.1, -0.05) is 0 Å². The normalized spacial score (nSPS) is 23.2. The Morgan fingerprint density at radius 3 is 3.31 bits per heavy atom. The molecule has 1 saturated heterocycles. The summed E-state index contributed by atoms with van der Waals surface area (Å²) in [6.45, 7) is 2.78. The summed E-state index contributed by atoms with van der Waals surface area (Å²) in [4.78, 5) is 0. The second kappa shape index (κ2) is 4.44. The Labute approximate surface area is 78.1 Å². The zero-order chi connectivity index (χ0) is 8.93. The van der Waals surface area contributed by atoms with Crippen molar-refractivity contribution in [1.29, 1.82) is 0 Å². The number of hydrogen-bond acceptors (Lipinski definition) is 3.